The average Bonchev–Trinajstić information content (AvgIpc) is 1.84. The summed E-state index contributed by atoms with van der Waals surface area (Å²) < 4.78 is 5.79. The van der Waals surface area contributed by atoms with E-state index in [0.29, 0.717) is 0 Å². The van der Waals surface area contributed by atoms with Gasteiger partial charge in [0, 0.05) is 0 Å². The average molecular weight is 265 g/mol. The molecule has 0 fully saturated rings. The first-order valence-corrected chi connectivity index (χ1v) is 11.2. The van der Waals surface area contributed by atoms with E-state index < -0.39 is 18.9 Å². The zero-order valence-corrected chi connectivity index (χ0v) is 11.8. The SMILES string of the molecule is C[CH](C)[Sn]([CH3])([N](C)C)[N](C)C. The van der Waals surface area contributed by atoms with Gasteiger partial charge in [0.25, 0.3) is 0 Å². The quantitative estimate of drug-likeness (QED) is 0.715. The molecule has 3 heteroatoms. The van der Waals surface area contributed by atoms with Crippen LogP contribution in [-0.2, 0) is 0 Å². The number of hydrogen-bond acceptors (Lipinski definition) is 2. The van der Waals surface area contributed by atoms with Crippen LogP contribution in [0.2, 0.25) is 8.87 Å². The van der Waals surface area contributed by atoms with Crippen LogP contribution in [0.4, 0.5) is 0 Å². The molecule has 0 aliphatic carbocycles. The van der Waals surface area contributed by atoms with Crippen LogP contribution < -0.4 is 0 Å². The molecule has 0 unspecified atom stereocenters. The maximum absolute atomic E-state index is 2.47. The summed E-state index contributed by atoms with van der Waals surface area (Å²) in [5.41, 5.74) is 0. The van der Waals surface area contributed by atoms with Gasteiger partial charge in [0.05, 0.1) is 0 Å². The van der Waals surface area contributed by atoms with Crippen LogP contribution >= 0.6 is 0 Å². The second-order valence-corrected chi connectivity index (χ2v) is 18.7. The van der Waals surface area contributed by atoms with Gasteiger partial charge in [-0.2, -0.15) is 0 Å². The molecule has 0 aromatic heterocycles. The van der Waals surface area contributed by atoms with E-state index in [2.05, 4.69) is 53.2 Å². The Hall–Kier alpha value is 0.719. The maximum atomic E-state index is 2.47. The molecule has 2 nitrogen and oxygen atoms in total. The topological polar surface area (TPSA) is 6.48 Å². The fraction of sp³-hybridized carbons (Fsp3) is 1.00. The van der Waals surface area contributed by atoms with Crippen LogP contribution in [0.5, 0.6) is 0 Å². The predicted molar refractivity (Wildman–Crippen MR) is 54.1 cm³/mol. The predicted octanol–water partition coefficient (Wildman–Crippen LogP) is 1.59. The Morgan fingerprint density at radius 2 is 1.18 bits per heavy atom. The van der Waals surface area contributed by atoms with Gasteiger partial charge in [0.1, 0.15) is 0 Å². The first-order chi connectivity index (χ1) is 4.83. The van der Waals surface area contributed by atoms with Crippen molar-refractivity contribution in [3.05, 3.63) is 0 Å². The van der Waals surface area contributed by atoms with Crippen LogP contribution in [0.15, 0.2) is 0 Å². The van der Waals surface area contributed by atoms with Gasteiger partial charge >= 0.3 is 76.1 Å². The fourth-order valence-corrected chi connectivity index (χ4v) is 9.61. The Balaban J connectivity index is 4.53. The van der Waals surface area contributed by atoms with Crippen molar-refractivity contribution in [2.24, 2.45) is 0 Å². The van der Waals surface area contributed by atoms with Crippen molar-refractivity contribution < 1.29 is 0 Å². The molecule has 0 N–H and O–H groups in total. The van der Waals surface area contributed by atoms with Crippen molar-refractivity contribution in [1.82, 2.24) is 6.24 Å². The van der Waals surface area contributed by atoms with Crippen LogP contribution in [0, 0.1) is 0 Å². The summed E-state index contributed by atoms with van der Waals surface area (Å²) in [6.45, 7) is 4.69. The van der Waals surface area contributed by atoms with Gasteiger partial charge in [-0.3, -0.25) is 0 Å². The molecule has 0 aromatic carbocycles. The molecular weight excluding hydrogens is 243 g/mol. The second-order valence-electron chi connectivity index (χ2n) is 4.04. The Morgan fingerprint density at radius 1 is 0.909 bits per heavy atom. The van der Waals surface area contributed by atoms with E-state index in [1.807, 2.05) is 0 Å². The molecule has 0 aliphatic heterocycles. The van der Waals surface area contributed by atoms with Gasteiger partial charge in [0.15, 0.2) is 0 Å². The number of hydrogen-bond donors (Lipinski definition) is 0. The monoisotopic (exact) mass is 266 g/mol. The van der Waals surface area contributed by atoms with Crippen LogP contribution in [0.1, 0.15) is 13.8 Å². The molecule has 0 radical (unpaired) electrons. The Labute approximate surface area is 76.1 Å². The van der Waals surface area contributed by atoms with E-state index in [0.717, 1.165) is 3.93 Å². The van der Waals surface area contributed by atoms with Crippen molar-refractivity contribution in [2.45, 2.75) is 22.7 Å². The van der Waals surface area contributed by atoms with Gasteiger partial charge in [-0.1, -0.05) is 0 Å². The van der Waals surface area contributed by atoms with Crippen LogP contribution in [0.25, 0.3) is 0 Å². The van der Waals surface area contributed by atoms with E-state index in [4.69, 9.17) is 0 Å². The molecule has 0 saturated heterocycles. The Morgan fingerprint density at radius 3 is 1.18 bits per heavy atom. The third kappa shape index (κ3) is 2.33. The Bertz CT molecular complexity index is 99.5. The minimum absolute atomic E-state index is 0.842. The fourth-order valence-electron chi connectivity index (χ4n) is 1.43. The molecule has 0 rings (SSSR count). The summed E-state index contributed by atoms with van der Waals surface area (Å²) in [7, 11) is 8.87. The van der Waals surface area contributed by atoms with Gasteiger partial charge in [-0.25, -0.2) is 0 Å². The van der Waals surface area contributed by atoms with Crippen molar-refractivity contribution in [3.63, 3.8) is 0 Å². The molecule has 0 spiro atoms. The summed E-state index contributed by atoms with van der Waals surface area (Å²) in [4.78, 5) is 2.47. The molecular formula is C8H22N2Sn. The molecule has 0 atom stereocenters. The van der Waals surface area contributed by atoms with E-state index in [-0.39, 0.29) is 0 Å². The summed E-state index contributed by atoms with van der Waals surface area (Å²) in [6.07, 6.45) is 0. The van der Waals surface area contributed by atoms with Gasteiger partial charge in [-0.15, -0.1) is 0 Å². The van der Waals surface area contributed by atoms with Crippen molar-refractivity contribution in [1.29, 1.82) is 0 Å². The molecule has 68 valence electrons. The number of rotatable bonds is 3. The standard InChI is InChI=1S/C3H7.2C2H6N.CH3.Sn/c3*1-3-2;;/h3H,1-2H3;2*1-2H3;1H3;/q;2*-1;;+2. The zero-order valence-electron chi connectivity index (χ0n) is 8.97. The normalized spacial score (nSPS) is 13.6. The van der Waals surface area contributed by atoms with E-state index in [9.17, 15) is 0 Å². The molecule has 0 aliphatic rings. The van der Waals surface area contributed by atoms with E-state index in [1.54, 1.807) is 0 Å². The van der Waals surface area contributed by atoms with E-state index in [1.165, 1.54) is 0 Å². The van der Waals surface area contributed by atoms with Crippen molar-refractivity contribution in [3.8, 4) is 0 Å². The summed E-state index contributed by atoms with van der Waals surface area (Å²) in [5, 5.41) is 0. The summed E-state index contributed by atoms with van der Waals surface area (Å²) in [6, 6.07) is 0. The number of nitrogens with zero attached hydrogens (tertiary/aromatic N) is 2. The molecule has 11 heavy (non-hydrogen) atoms. The van der Waals surface area contributed by atoms with Gasteiger partial charge in [-0.05, 0) is 0 Å². The second kappa shape index (κ2) is 4.10. The minimum atomic E-state index is -2.07. The zero-order chi connectivity index (χ0) is 9.23. The van der Waals surface area contributed by atoms with E-state index >= 15 is 0 Å². The third-order valence-electron chi connectivity index (χ3n) is 2.90. The van der Waals surface area contributed by atoms with Crippen molar-refractivity contribution in [2.75, 3.05) is 28.2 Å². The van der Waals surface area contributed by atoms with Gasteiger partial charge in [0.2, 0.25) is 0 Å². The molecule has 0 aromatic rings. The molecule has 0 heterocycles. The molecule has 0 bridgehead atoms. The Kier molecular flexibility index (Phi) is 4.37. The molecule has 0 amide bonds. The third-order valence-corrected chi connectivity index (χ3v) is 19.5. The molecule has 0 saturated carbocycles. The summed E-state index contributed by atoms with van der Waals surface area (Å²) in [5.74, 6) is 0. The van der Waals surface area contributed by atoms with Crippen molar-refractivity contribution >= 4 is 18.9 Å². The van der Waals surface area contributed by atoms with Gasteiger partial charge < -0.3 is 0 Å². The first-order valence-electron chi connectivity index (χ1n) is 4.18. The van der Waals surface area contributed by atoms with Crippen LogP contribution in [-0.4, -0.2) is 53.4 Å². The summed E-state index contributed by atoms with van der Waals surface area (Å²) >= 11 is -2.07. The first kappa shape index (κ1) is 11.7. The van der Waals surface area contributed by atoms with Crippen LogP contribution in [0.3, 0.4) is 0 Å².